The zero-order valence-corrected chi connectivity index (χ0v) is 16.0. The van der Waals surface area contributed by atoms with Crippen LogP contribution in [0.4, 0.5) is 0 Å². The lowest BCUT2D eigenvalue weighted by molar-refractivity contribution is 0.108. The molecule has 0 N–H and O–H groups in total. The molecule has 6 unspecified atom stereocenters. The van der Waals surface area contributed by atoms with E-state index in [0.717, 1.165) is 59.2 Å². The second kappa shape index (κ2) is 5.99. The molecule has 126 valence electrons. The molecule has 0 aliphatic heterocycles. The molecule has 0 radical (unpaired) electrons. The second-order valence-corrected chi connectivity index (χ2v) is 9.75. The summed E-state index contributed by atoms with van der Waals surface area (Å²) in [4.78, 5) is 0. The Morgan fingerprint density at radius 2 is 1.55 bits per heavy atom. The number of rotatable bonds is 7. The van der Waals surface area contributed by atoms with Gasteiger partial charge in [0.05, 0.1) is 0 Å². The van der Waals surface area contributed by atoms with Crippen molar-refractivity contribution in [1.29, 1.82) is 0 Å². The van der Waals surface area contributed by atoms with E-state index in [9.17, 15) is 0 Å². The van der Waals surface area contributed by atoms with Crippen LogP contribution in [0.15, 0.2) is 11.6 Å². The summed E-state index contributed by atoms with van der Waals surface area (Å²) in [5.41, 5.74) is 1.68. The van der Waals surface area contributed by atoms with Crippen molar-refractivity contribution in [2.75, 3.05) is 0 Å². The molecule has 0 aromatic carbocycles. The molecule has 0 nitrogen and oxygen atoms in total. The fourth-order valence-corrected chi connectivity index (χ4v) is 5.70. The molecule has 4 saturated carbocycles. The van der Waals surface area contributed by atoms with Crippen LogP contribution < -0.4 is 0 Å². The van der Waals surface area contributed by atoms with Gasteiger partial charge in [0.15, 0.2) is 0 Å². The Hall–Kier alpha value is -0.260. The molecule has 22 heavy (non-hydrogen) atoms. The van der Waals surface area contributed by atoms with Crippen molar-refractivity contribution in [3.8, 4) is 0 Å². The van der Waals surface area contributed by atoms with Gasteiger partial charge in [0.2, 0.25) is 0 Å². The number of hydrogen-bond donors (Lipinski definition) is 0. The van der Waals surface area contributed by atoms with Crippen LogP contribution in [0, 0.1) is 59.2 Å². The molecule has 6 atom stereocenters. The molecule has 4 rings (SSSR count). The zero-order valence-electron chi connectivity index (χ0n) is 16.0. The first-order chi connectivity index (χ1) is 10.3. The zero-order chi connectivity index (χ0) is 16.2. The van der Waals surface area contributed by atoms with E-state index in [-0.39, 0.29) is 0 Å². The molecule has 0 aromatic rings. The Balaban J connectivity index is 1.50. The predicted octanol–water partition coefficient (Wildman–Crippen LogP) is 6.43. The van der Waals surface area contributed by atoms with Gasteiger partial charge in [0.1, 0.15) is 0 Å². The molecule has 0 heteroatoms. The molecule has 4 aliphatic rings. The molecule has 2 bridgehead atoms. The van der Waals surface area contributed by atoms with Gasteiger partial charge in [-0.2, -0.15) is 0 Å². The minimum absolute atomic E-state index is 0.832. The summed E-state index contributed by atoms with van der Waals surface area (Å²) in [5.74, 6) is 9.97. The van der Waals surface area contributed by atoms with Gasteiger partial charge in [-0.3, -0.25) is 0 Å². The van der Waals surface area contributed by atoms with Crippen molar-refractivity contribution in [2.45, 2.75) is 67.7 Å². The van der Waals surface area contributed by atoms with Crippen molar-refractivity contribution >= 4 is 0 Å². The van der Waals surface area contributed by atoms with E-state index < -0.39 is 0 Å². The van der Waals surface area contributed by atoms with Gasteiger partial charge in [-0.1, -0.05) is 53.2 Å². The van der Waals surface area contributed by atoms with E-state index in [4.69, 9.17) is 0 Å². The lowest BCUT2D eigenvalue weighted by Crippen LogP contribution is -2.34. The summed E-state index contributed by atoms with van der Waals surface area (Å²) in [6.45, 7) is 16.9. The normalized spacial score (nSPS) is 42.3. The highest BCUT2D eigenvalue weighted by Gasteiger charge is 2.73. The first-order valence-electron chi connectivity index (χ1n) is 10.00. The average Bonchev–Trinajstić information content (AvgIpc) is 2.88. The fraction of sp³-hybridized carbons (Fsp3) is 0.909. The Morgan fingerprint density at radius 1 is 0.955 bits per heavy atom. The molecule has 0 spiro atoms. The minimum atomic E-state index is 0.832. The third kappa shape index (κ3) is 2.69. The highest BCUT2D eigenvalue weighted by Crippen LogP contribution is 2.77. The molecule has 4 aliphatic carbocycles. The lowest BCUT2D eigenvalue weighted by atomic mass is 9.64. The molecular weight excluding hydrogens is 264 g/mol. The van der Waals surface area contributed by atoms with Crippen molar-refractivity contribution < 1.29 is 0 Å². The van der Waals surface area contributed by atoms with Gasteiger partial charge >= 0.3 is 0 Å². The summed E-state index contributed by atoms with van der Waals surface area (Å²) in [6.07, 6.45) is 6.97. The Morgan fingerprint density at radius 3 is 2.05 bits per heavy atom. The highest BCUT2D eigenvalue weighted by molar-refractivity contribution is 5.25. The van der Waals surface area contributed by atoms with Crippen molar-refractivity contribution in [2.24, 2.45) is 59.2 Å². The van der Waals surface area contributed by atoms with Crippen LogP contribution in [0.2, 0.25) is 0 Å². The molecule has 0 saturated heterocycles. The van der Waals surface area contributed by atoms with Gasteiger partial charge < -0.3 is 0 Å². The molecule has 4 fully saturated rings. The minimum Gasteiger partial charge on any atom is -0.0819 e. The van der Waals surface area contributed by atoms with Crippen molar-refractivity contribution in [3.05, 3.63) is 11.6 Å². The van der Waals surface area contributed by atoms with Crippen LogP contribution in [0.1, 0.15) is 67.7 Å². The molecule has 0 aromatic heterocycles. The summed E-state index contributed by atoms with van der Waals surface area (Å²) >= 11 is 0. The van der Waals surface area contributed by atoms with Crippen LogP contribution in [-0.2, 0) is 0 Å². The Bertz CT molecular complexity index is 413. The number of allylic oxidation sites excluding steroid dienone is 2. The number of hydrogen-bond acceptors (Lipinski definition) is 0. The summed E-state index contributed by atoms with van der Waals surface area (Å²) in [5, 5.41) is 0. The summed E-state index contributed by atoms with van der Waals surface area (Å²) < 4.78 is 0. The van der Waals surface area contributed by atoms with E-state index in [1.165, 1.54) is 12.8 Å². The monoisotopic (exact) mass is 302 g/mol. The van der Waals surface area contributed by atoms with Crippen LogP contribution in [0.5, 0.6) is 0 Å². The Kier molecular flexibility index (Phi) is 4.52. The second-order valence-electron chi connectivity index (χ2n) is 9.75. The topological polar surface area (TPSA) is 0 Å². The largest absolute Gasteiger partial charge is 0.0819 e. The quantitative estimate of drug-likeness (QED) is 0.476. The van der Waals surface area contributed by atoms with E-state index in [1.807, 2.05) is 0 Å². The van der Waals surface area contributed by atoms with E-state index >= 15 is 0 Å². The van der Waals surface area contributed by atoms with Crippen LogP contribution in [0.25, 0.3) is 0 Å². The third-order valence-corrected chi connectivity index (χ3v) is 7.98. The van der Waals surface area contributed by atoms with Gasteiger partial charge in [-0.15, -0.1) is 0 Å². The van der Waals surface area contributed by atoms with Crippen molar-refractivity contribution in [3.63, 3.8) is 0 Å². The third-order valence-electron chi connectivity index (χ3n) is 7.98. The highest BCUT2D eigenvalue weighted by atomic mass is 14.8. The van der Waals surface area contributed by atoms with Crippen LogP contribution in [-0.4, -0.2) is 0 Å². The van der Waals surface area contributed by atoms with E-state index in [0.29, 0.717) is 0 Å². The average molecular weight is 303 g/mol. The Labute approximate surface area is 139 Å². The first-order valence-corrected chi connectivity index (χ1v) is 10.00. The predicted molar refractivity (Wildman–Crippen MR) is 96.6 cm³/mol. The smallest absolute Gasteiger partial charge is 0.0168 e. The van der Waals surface area contributed by atoms with Gasteiger partial charge in [0, 0.05) is 0 Å². The molecule has 0 heterocycles. The van der Waals surface area contributed by atoms with Gasteiger partial charge in [0.25, 0.3) is 0 Å². The molecule has 0 amide bonds. The van der Waals surface area contributed by atoms with Gasteiger partial charge in [-0.05, 0) is 85.4 Å². The first kappa shape index (κ1) is 16.6. The van der Waals surface area contributed by atoms with Gasteiger partial charge in [-0.25, -0.2) is 0 Å². The summed E-state index contributed by atoms with van der Waals surface area (Å²) in [7, 11) is 0. The SMILES string of the molecule is CC(=CC1C2CC1C1C(C(C)C(C)C)C21)CCC(C)C(C)C. The van der Waals surface area contributed by atoms with Crippen LogP contribution >= 0.6 is 0 Å². The maximum absolute atomic E-state index is 2.70. The van der Waals surface area contributed by atoms with Crippen molar-refractivity contribution in [1.82, 2.24) is 0 Å². The van der Waals surface area contributed by atoms with Crippen LogP contribution in [0.3, 0.4) is 0 Å². The standard InChI is InChI=1S/C22H38/c1-12(2)15(6)9-8-14(5)10-17-18-11-19(17)22-20(21(18)22)16(7)13(3)4/h10,12-13,15-22H,8-9,11H2,1-7H3. The molecular formula is C22H38. The summed E-state index contributed by atoms with van der Waals surface area (Å²) in [6, 6.07) is 0. The fourth-order valence-electron chi connectivity index (χ4n) is 5.70. The maximum atomic E-state index is 2.70. The maximum Gasteiger partial charge on any atom is -0.0168 e. The van der Waals surface area contributed by atoms with E-state index in [2.05, 4.69) is 54.5 Å². The van der Waals surface area contributed by atoms with E-state index in [1.54, 1.807) is 12.0 Å². The lowest BCUT2D eigenvalue weighted by Gasteiger charge is -2.41.